The molecule has 74 valence electrons. The average molecular weight is 270 g/mol. The second kappa shape index (κ2) is 4.41. The maximum absolute atomic E-state index is 3.54. The van der Waals surface area contributed by atoms with Crippen LogP contribution in [0.4, 0.5) is 0 Å². The van der Waals surface area contributed by atoms with Gasteiger partial charge in [0.15, 0.2) is 0 Å². The van der Waals surface area contributed by atoms with Crippen molar-refractivity contribution in [1.29, 1.82) is 0 Å². The minimum Gasteiger partial charge on any atom is -0.357 e. The van der Waals surface area contributed by atoms with E-state index < -0.39 is 0 Å². The maximum atomic E-state index is 3.54. The first-order valence-electron chi connectivity index (χ1n) is 4.65. The fraction of sp³-hybridized carbons (Fsp3) is 0.273. The fourth-order valence-electron chi connectivity index (χ4n) is 1.47. The van der Waals surface area contributed by atoms with Gasteiger partial charge < -0.3 is 4.98 Å². The number of hydrogen-bond donors (Lipinski definition) is 1. The quantitative estimate of drug-likeness (QED) is 0.884. The smallest absolute Gasteiger partial charge is 0.0600 e. The van der Waals surface area contributed by atoms with Gasteiger partial charge in [0.1, 0.15) is 0 Å². The molecule has 0 aliphatic rings. The monoisotopic (exact) mass is 269 g/mol. The molecule has 0 atom stereocenters. The summed E-state index contributed by atoms with van der Waals surface area (Å²) in [7, 11) is 0. The number of thioether (sulfide) groups is 1. The van der Waals surface area contributed by atoms with Crippen molar-refractivity contribution in [2.24, 2.45) is 0 Å². The van der Waals surface area contributed by atoms with E-state index in [0.717, 1.165) is 16.0 Å². The van der Waals surface area contributed by atoms with Crippen LogP contribution in [0, 0.1) is 0 Å². The molecular formula is C11H12BrNS. The Bertz CT molecular complexity index is 436. The van der Waals surface area contributed by atoms with E-state index in [1.54, 1.807) is 0 Å². The van der Waals surface area contributed by atoms with E-state index in [9.17, 15) is 0 Å². The highest BCUT2D eigenvalue weighted by molar-refractivity contribution is 9.10. The van der Waals surface area contributed by atoms with Crippen LogP contribution in [-0.4, -0.2) is 10.7 Å². The summed E-state index contributed by atoms with van der Waals surface area (Å²) < 4.78 is 1.14. The second-order valence-corrected chi connectivity index (χ2v) is 5.26. The van der Waals surface area contributed by atoms with Gasteiger partial charge >= 0.3 is 0 Å². The highest BCUT2D eigenvalue weighted by Crippen LogP contribution is 2.25. The normalized spacial score (nSPS) is 11.0. The molecule has 2 aromatic rings. The zero-order chi connectivity index (χ0) is 9.97. The van der Waals surface area contributed by atoms with Gasteiger partial charge in [0.2, 0.25) is 0 Å². The highest BCUT2D eigenvalue weighted by atomic mass is 79.9. The predicted octanol–water partition coefficient (Wildman–Crippen LogP) is 4.18. The summed E-state index contributed by atoms with van der Waals surface area (Å²) in [6.07, 6.45) is 0. The number of aromatic nitrogens is 1. The van der Waals surface area contributed by atoms with Crippen molar-refractivity contribution in [3.8, 4) is 0 Å². The molecule has 2 rings (SSSR count). The van der Waals surface area contributed by atoms with Gasteiger partial charge in [-0.25, -0.2) is 0 Å². The summed E-state index contributed by atoms with van der Waals surface area (Å²) in [5.74, 6) is 2.23. The molecule has 1 N–H and O–H groups in total. The number of H-pyrrole nitrogens is 1. The van der Waals surface area contributed by atoms with Crippen LogP contribution in [0.25, 0.3) is 10.9 Å². The van der Waals surface area contributed by atoms with Crippen molar-refractivity contribution in [2.45, 2.75) is 12.7 Å². The number of halogens is 1. The SMILES string of the molecule is CCSCc1cc2cccc(Br)c2[nH]1. The minimum atomic E-state index is 1.07. The van der Waals surface area contributed by atoms with Gasteiger partial charge in [-0.3, -0.25) is 0 Å². The molecule has 1 nitrogen and oxygen atoms in total. The van der Waals surface area contributed by atoms with Gasteiger partial charge in [0, 0.05) is 21.3 Å². The summed E-state index contributed by atoms with van der Waals surface area (Å²) in [6.45, 7) is 2.18. The van der Waals surface area contributed by atoms with E-state index in [1.807, 2.05) is 11.8 Å². The van der Waals surface area contributed by atoms with Crippen molar-refractivity contribution >= 4 is 38.6 Å². The zero-order valence-electron chi connectivity index (χ0n) is 8.01. The van der Waals surface area contributed by atoms with Gasteiger partial charge in [-0.15, -0.1) is 0 Å². The first-order chi connectivity index (χ1) is 6.81. The molecule has 0 radical (unpaired) electrons. The Morgan fingerprint density at radius 2 is 2.29 bits per heavy atom. The van der Waals surface area contributed by atoms with Crippen molar-refractivity contribution in [3.05, 3.63) is 34.4 Å². The Kier molecular flexibility index (Phi) is 3.19. The number of benzene rings is 1. The van der Waals surface area contributed by atoms with E-state index in [4.69, 9.17) is 0 Å². The predicted molar refractivity (Wildman–Crippen MR) is 67.8 cm³/mol. The van der Waals surface area contributed by atoms with Crippen LogP contribution in [0.15, 0.2) is 28.7 Å². The maximum Gasteiger partial charge on any atom is 0.0600 e. The second-order valence-electron chi connectivity index (χ2n) is 3.14. The summed E-state index contributed by atoms with van der Waals surface area (Å²) >= 11 is 5.48. The van der Waals surface area contributed by atoms with Crippen LogP contribution in [-0.2, 0) is 5.75 Å². The molecule has 0 saturated heterocycles. The lowest BCUT2D eigenvalue weighted by Crippen LogP contribution is -1.79. The topological polar surface area (TPSA) is 15.8 Å². The molecule has 0 unspecified atom stereocenters. The Hall–Kier alpha value is -0.410. The van der Waals surface area contributed by atoms with Crippen LogP contribution in [0.5, 0.6) is 0 Å². The molecule has 0 saturated carbocycles. The van der Waals surface area contributed by atoms with Gasteiger partial charge in [-0.2, -0.15) is 11.8 Å². The summed E-state index contributed by atoms with van der Waals surface area (Å²) in [5, 5.41) is 1.28. The Morgan fingerprint density at radius 3 is 3.00 bits per heavy atom. The standard InChI is InChI=1S/C11H12BrNS/c1-2-14-7-9-6-8-4-3-5-10(12)11(8)13-9/h3-6,13H,2,7H2,1H3. The van der Waals surface area contributed by atoms with Gasteiger partial charge in [-0.1, -0.05) is 19.1 Å². The molecule has 3 heteroatoms. The Labute approximate surface area is 96.4 Å². The van der Waals surface area contributed by atoms with Crippen molar-refractivity contribution in [3.63, 3.8) is 0 Å². The zero-order valence-corrected chi connectivity index (χ0v) is 10.4. The molecule has 0 spiro atoms. The van der Waals surface area contributed by atoms with Gasteiger partial charge in [0.05, 0.1) is 5.52 Å². The van der Waals surface area contributed by atoms with E-state index in [2.05, 4.69) is 52.1 Å². The molecule has 0 fully saturated rings. The summed E-state index contributed by atoms with van der Waals surface area (Å²) in [4.78, 5) is 3.43. The molecule has 1 aromatic carbocycles. The number of para-hydroxylation sites is 1. The van der Waals surface area contributed by atoms with Crippen molar-refractivity contribution < 1.29 is 0 Å². The average Bonchev–Trinajstić information content (AvgIpc) is 2.59. The first-order valence-corrected chi connectivity index (χ1v) is 6.60. The molecule has 0 aliphatic carbocycles. The largest absolute Gasteiger partial charge is 0.357 e. The number of hydrogen-bond acceptors (Lipinski definition) is 1. The third-order valence-corrected chi connectivity index (χ3v) is 3.71. The summed E-state index contributed by atoms with van der Waals surface area (Å²) in [5.41, 5.74) is 2.51. The molecule has 0 amide bonds. The molecule has 0 aliphatic heterocycles. The van der Waals surface area contributed by atoms with E-state index >= 15 is 0 Å². The number of rotatable bonds is 3. The van der Waals surface area contributed by atoms with Crippen LogP contribution >= 0.6 is 27.7 Å². The molecule has 1 aromatic heterocycles. The van der Waals surface area contributed by atoms with Gasteiger partial charge in [-0.05, 0) is 33.8 Å². The number of aromatic amines is 1. The molecule has 0 bridgehead atoms. The van der Waals surface area contributed by atoms with Crippen LogP contribution in [0.2, 0.25) is 0 Å². The highest BCUT2D eigenvalue weighted by Gasteiger charge is 2.02. The van der Waals surface area contributed by atoms with Crippen LogP contribution < -0.4 is 0 Å². The third-order valence-electron chi connectivity index (χ3n) is 2.12. The van der Waals surface area contributed by atoms with Crippen LogP contribution in [0.3, 0.4) is 0 Å². The van der Waals surface area contributed by atoms with E-state index in [-0.39, 0.29) is 0 Å². The van der Waals surface area contributed by atoms with E-state index in [0.29, 0.717) is 0 Å². The number of nitrogens with one attached hydrogen (secondary N) is 1. The number of fused-ring (bicyclic) bond motifs is 1. The molecular weight excluding hydrogens is 258 g/mol. The lowest BCUT2D eigenvalue weighted by atomic mass is 10.2. The lowest BCUT2D eigenvalue weighted by Gasteiger charge is -1.94. The molecule has 1 heterocycles. The Balaban J connectivity index is 2.36. The lowest BCUT2D eigenvalue weighted by molar-refractivity contribution is 1.26. The first kappa shape index (κ1) is 10.1. The van der Waals surface area contributed by atoms with Crippen LogP contribution in [0.1, 0.15) is 12.6 Å². The third kappa shape index (κ3) is 1.98. The fourth-order valence-corrected chi connectivity index (χ4v) is 2.53. The minimum absolute atomic E-state index is 1.07. The van der Waals surface area contributed by atoms with Gasteiger partial charge in [0.25, 0.3) is 0 Å². The Morgan fingerprint density at radius 1 is 1.43 bits per heavy atom. The molecule has 14 heavy (non-hydrogen) atoms. The summed E-state index contributed by atoms with van der Waals surface area (Å²) in [6, 6.07) is 8.49. The van der Waals surface area contributed by atoms with E-state index in [1.165, 1.54) is 16.6 Å². The van der Waals surface area contributed by atoms with Crippen molar-refractivity contribution in [2.75, 3.05) is 5.75 Å². The van der Waals surface area contributed by atoms with Crippen molar-refractivity contribution in [1.82, 2.24) is 4.98 Å².